The summed E-state index contributed by atoms with van der Waals surface area (Å²) in [4.78, 5) is 10.9. The van der Waals surface area contributed by atoms with Crippen molar-refractivity contribution in [2.24, 2.45) is 0 Å². The molecule has 0 radical (unpaired) electrons. The fourth-order valence-corrected chi connectivity index (χ4v) is 4.76. The number of hydrogen-bond acceptors (Lipinski definition) is 1. The first-order chi connectivity index (χ1) is 8.40. The zero-order valence-corrected chi connectivity index (χ0v) is 13.2. The summed E-state index contributed by atoms with van der Waals surface area (Å²) in [6, 6.07) is 7.13. The monoisotopic (exact) mass is 342 g/mol. The highest BCUT2D eigenvalue weighted by atomic mass is 35.7. The van der Waals surface area contributed by atoms with Gasteiger partial charge < -0.3 is 5.11 Å². The Kier molecular flexibility index (Phi) is 6.01. The van der Waals surface area contributed by atoms with Crippen LogP contribution in [0.15, 0.2) is 35.5 Å². The van der Waals surface area contributed by atoms with Gasteiger partial charge in [-0.25, -0.2) is 4.79 Å². The van der Waals surface area contributed by atoms with Crippen molar-refractivity contribution in [1.29, 1.82) is 0 Å². The normalized spacial score (nSPS) is 12.6. The lowest BCUT2D eigenvalue weighted by molar-refractivity contribution is -0.132. The first-order valence-corrected chi connectivity index (χ1v) is 10.1. The van der Waals surface area contributed by atoms with Crippen molar-refractivity contribution < 1.29 is 9.90 Å². The Bertz CT molecular complexity index is 457. The molecule has 0 saturated carbocycles. The minimum Gasteiger partial charge on any atom is -0.478 e. The van der Waals surface area contributed by atoms with Gasteiger partial charge in [-0.05, 0) is 10.8 Å². The number of halogens is 4. The van der Waals surface area contributed by atoms with E-state index in [1.807, 2.05) is 12.1 Å². The third kappa shape index (κ3) is 4.18. The minimum absolute atomic E-state index is 0.00903. The summed E-state index contributed by atoms with van der Waals surface area (Å²) in [5, 5.41) is 9.60. The largest absolute Gasteiger partial charge is 0.478 e. The predicted octanol–water partition coefficient (Wildman–Crippen LogP) is 3.34. The molecule has 2 nitrogen and oxygen atoms in total. The van der Waals surface area contributed by atoms with E-state index in [2.05, 4.69) is 0 Å². The smallest absolute Gasteiger partial charge is 0.332 e. The molecule has 0 unspecified atom stereocenters. The average Bonchev–Trinajstić information content (AvgIpc) is 2.35. The maximum Gasteiger partial charge on any atom is 0.332 e. The highest BCUT2D eigenvalue weighted by molar-refractivity contribution is 7.53. The van der Waals surface area contributed by atoms with E-state index in [4.69, 9.17) is 50.5 Å². The first-order valence-electron chi connectivity index (χ1n) is 4.95. The molecule has 0 fully saturated rings. The average molecular weight is 344 g/mol. The molecule has 0 spiro atoms. The van der Waals surface area contributed by atoms with Crippen LogP contribution in [-0.4, -0.2) is 23.6 Å². The Morgan fingerprint density at radius 2 is 1.78 bits per heavy atom. The van der Waals surface area contributed by atoms with Gasteiger partial charge in [0.05, 0.1) is 5.88 Å². The molecule has 0 aliphatic heterocycles. The van der Waals surface area contributed by atoms with Crippen molar-refractivity contribution >= 4 is 63.2 Å². The van der Waals surface area contributed by atoms with Gasteiger partial charge in [-0.3, -0.25) is 0 Å². The highest BCUT2D eigenvalue weighted by Crippen LogP contribution is 2.20. The zero-order valence-electron chi connectivity index (χ0n) is 9.17. The lowest BCUT2D eigenvalue weighted by Gasteiger charge is -2.14. The molecule has 0 atom stereocenters. The van der Waals surface area contributed by atoms with Crippen LogP contribution < -0.4 is 5.19 Å². The van der Waals surface area contributed by atoms with Crippen molar-refractivity contribution in [2.45, 2.75) is 5.88 Å². The van der Waals surface area contributed by atoms with E-state index >= 15 is 0 Å². The van der Waals surface area contributed by atoms with Crippen LogP contribution in [0.3, 0.4) is 0 Å². The molecule has 1 N–H and O–H groups in total. The van der Waals surface area contributed by atoms with E-state index < -0.39 is 12.7 Å². The molecule has 0 saturated heterocycles. The molecule has 1 rings (SSSR count). The van der Waals surface area contributed by atoms with E-state index in [0.29, 0.717) is 11.1 Å². The minimum atomic E-state index is -2.99. The molecule has 1 aromatic rings. The van der Waals surface area contributed by atoms with Gasteiger partial charge >= 0.3 is 12.7 Å². The van der Waals surface area contributed by atoms with Crippen LogP contribution in [-0.2, 0) is 10.7 Å². The van der Waals surface area contributed by atoms with Gasteiger partial charge in [0.25, 0.3) is 0 Å². The molecule has 0 aliphatic rings. The number of aliphatic carboxylic acids is 1. The fraction of sp³-hybridized carbons (Fsp3) is 0.182. The Labute approximate surface area is 126 Å². The predicted molar refractivity (Wildman–Crippen MR) is 79.5 cm³/mol. The second-order valence-corrected chi connectivity index (χ2v) is 10.4. The van der Waals surface area contributed by atoms with E-state index in [0.717, 1.165) is 5.56 Å². The van der Waals surface area contributed by atoms with Gasteiger partial charge in [0.2, 0.25) is 0 Å². The summed E-state index contributed by atoms with van der Waals surface area (Å²) >= 11 is 23.7. The first kappa shape index (κ1) is 15.9. The molecule has 0 heterocycles. The van der Waals surface area contributed by atoms with Crippen molar-refractivity contribution in [3.05, 3.63) is 41.1 Å². The summed E-state index contributed by atoms with van der Waals surface area (Å²) in [5.74, 6) is -0.846. The molecule has 98 valence electrons. The van der Waals surface area contributed by atoms with Gasteiger partial charge in [-0.1, -0.05) is 30.0 Å². The number of alkyl halides is 2. The number of carboxylic acids is 1. The Morgan fingerprint density at radius 3 is 2.17 bits per heavy atom. The fourth-order valence-electron chi connectivity index (χ4n) is 1.28. The quantitative estimate of drug-likeness (QED) is 0.385. The second-order valence-electron chi connectivity index (χ2n) is 3.56. The van der Waals surface area contributed by atoms with Gasteiger partial charge in [0.15, 0.2) is 0 Å². The Balaban J connectivity index is 3.07. The Hall–Kier alpha value is -0.193. The van der Waals surface area contributed by atoms with Crippen LogP contribution >= 0.6 is 45.4 Å². The highest BCUT2D eigenvalue weighted by Gasteiger charge is 2.30. The molecule has 0 aromatic heterocycles. The maximum absolute atomic E-state index is 10.9. The van der Waals surface area contributed by atoms with Crippen LogP contribution in [0, 0.1) is 0 Å². The standard InChI is InChI=1S/C11H10Cl4O2Si/c12-5-8-1-3-10(4-2-8)18(14,15)7-9(6-13)11(16)17/h1-4,7H,5-6H2,(H,16,17). The lowest BCUT2D eigenvalue weighted by atomic mass is 10.2. The zero-order chi connectivity index (χ0) is 13.8. The van der Waals surface area contributed by atoms with Crippen LogP contribution in [0.2, 0.25) is 0 Å². The van der Waals surface area contributed by atoms with Crippen molar-refractivity contribution in [1.82, 2.24) is 0 Å². The summed E-state index contributed by atoms with van der Waals surface area (Å²) in [7, 11) is 0. The van der Waals surface area contributed by atoms with E-state index in [-0.39, 0.29) is 11.5 Å². The number of carboxylic acid groups (broad SMARTS) is 1. The van der Waals surface area contributed by atoms with Crippen LogP contribution in [0.5, 0.6) is 0 Å². The molecule has 0 aliphatic carbocycles. The van der Waals surface area contributed by atoms with Crippen LogP contribution in [0.1, 0.15) is 5.56 Å². The third-order valence-electron chi connectivity index (χ3n) is 2.27. The summed E-state index contributed by atoms with van der Waals surface area (Å²) in [5.41, 5.74) is 2.31. The molecule has 7 heteroatoms. The number of carbonyl (C=O) groups is 1. The van der Waals surface area contributed by atoms with Crippen LogP contribution in [0.25, 0.3) is 0 Å². The maximum atomic E-state index is 10.9. The van der Waals surface area contributed by atoms with Gasteiger partial charge in [0.1, 0.15) is 0 Å². The number of benzene rings is 1. The van der Waals surface area contributed by atoms with Gasteiger partial charge in [0, 0.05) is 11.5 Å². The topological polar surface area (TPSA) is 37.3 Å². The molecular formula is C11H10Cl4O2Si. The van der Waals surface area contributed by atoms with Crippen molar-refractivity contribution in [3.63, 3.8) is 0 Å². The molecule has 0 bridgehead atoms. The van der Waals surface area contributed by atoms with E-state index in [1.165, 1.54) is 5.70 Å². The summed E-state index contributed by atoms with van der Waals surface area (Å²) in [6.07, 6.45) is 0. The number of hydrogen-bond donors (Lipinski definition) is 1. The van der Waals surface area contributed by atoms with Gasteiger partial charge in [-0.15, -0.1) is 45.4 Å². The molecule has 1 aromatic carbocycles. The summed E-state index contributed by atoms with van der Waals surface area (Å²) in [6.45, 7) is -2.99. The SMILES string of the molecule is O=C(O)C(=C[Si](Cl)(Cl)c1ccc(CCl)cc1)CCl. The Morgan fingerprint density at radius 1 is 1.22 bits per heavy atom. The van der Waals surface area contributed by atoms with E-state index in [9.17, 15) is 4.79 Å². The molecule has 18 heavy (non-hydrogen) atoms. The van der Waals surface area contributed by atoms with Crippen molar-refractivity contribution in [2.75, 3.05) is 5.88 Å². The third-order valence-corrected chi connectivity index (χ3v) is 6.64. The number of rotatable bonds is 5. The second kappa shape index (κ2) is 6.82. The van der Waals surface area contributed by atoms with E-state index in [1.54, 1.807) is 12.1 Å². The molecule has 0 amide bonds. The van der Waals surface area contributed by atoms with Crippen LogP contribution in [0.4, 0.5) is 0 Å². The molecular weight excluding hydrogens is 334 g/mol. The summed E-state index contributed by atoms with van der Waals surface area (Å²) < 4.78 is 0. The van der Waals surface area contributed by atoms with Gasteiger partial charge in [-0.2, -0.15) is 0 Å². The lowest BCUT2D eigenvalue weighted by Crippen LogP contribution is -2.35. The van der Waals surface area contributed by atoms with Crippen molar-refractivity contribution in [3.8, 4) is 0 Å².